The Morgan fingerprint density at radius 2 is 2.17 bits per heavy atom. The van der Waals surface area contributed by atoms with Gasteiger partial charge >= 0.3 is 0 Å². The Balaban J connectivity index is 1.78. The Labute approximate surface area is 115 Å². The molecule has 0 saturated carbocycles. The van der Waals surface area contributed by atoms with Crippen molar-refractivity contribution < 1.29 is 4.74 Å². The van der Waals surface area contributed by atoms with Gasteiger partial charge in [0.15, 0.2) is 0 Å². The van der Waals surface area contributed by atoms with E-state index in [2.05, 4.69) is 26.1 Å². The van der Waals surface area contributed by atoms with Crippen molar-refractivity contribution in [2.24, 2.45) is 11.8 Å². The van der Waals surface area contributed by atoms with Crippen molar-refractivity contribution in [3.63, 3.8) is 0 Å². The van der Waals surface area contributed by atoms with Gasteiger partial charge in [-0.05, 0) is 42.1 Å². The third kappa shape index (κ3) is 3.39. The Morgan fingerprint density at radius 1 is 1.39 bits per heavy atom. The van der Waals surface area contributed by atoms with Crippen LogP contribution in [-0.4, -0.2) is 19.2 Å². The quantitative estimate of drug-likeness (QED) is 0.881. The van der Waals surface area contributed by atoms with E-state index in [0.29, 0.717) is 5.92 Å². The van der Waals surface area contributed by atoms with E-state index >= 15 is 0 Å². The summed E-state index contributed by atoms with van der Waals surface area (Å²) in [5.41, 5.74) is 1.23. The lowest BCUT2D eigenvalue weighted by Gasteiger charge is -2.18. The van der Waals surface area contributed by atoms with Crippen LogP contribution in [0.4, 0.5) is 0 Å². The fourth-order valence-corrected chi connectivity index (χ4v) is 2.31. The second-order valence-corrected chi connectivity index (χ2v) is 6.01. The number of rotatable bonds is 5. The molecular formula is C15H22ClNO. The van der Waals surface area contributed by atoms with Gasteiger partial charge in [0.05, 0.1) is 0 Å². The molecule has 0 bridgehead atoms. The maximum Gasteiger partial charge on any atom is 0.123 e. The van der Waals surface area contributed by atoms with E-state index in [4.69, 9.17) is 16.3 Å². The zero-order valence-corrected chi connectivity index (χ0v) is 12.1. The zero-order valence-electron chi connectivity index (χ0n) is 11.4. The van der Waals surface area contributed by atoms with Crippen molar-refractivity contribution in [2.75, 3.05) is 13.1 Å². The number of benzene rings is 1. The molecule has 2 atom stereocenters. The molecule has 1 aliphatic rings. The van der Waals surface area contributed by atoms with E-state index in [9.17, 15) is 0 Å². The number of ether oxygens (including phenoxy) is 1. The normalized spacial score (nSPS) is 19.7. The van der Waals surface area contributed by atoms with Crippen molar-refractivity contribution in [3.05, 3.63) is 28.8 Å². The molecule has 18 heavy (non-hydrogen) atoms. The molecule has 0 aliphatic carbocycles. The molecule has 2 unspecified atom stereocenters. The van der Waals surface area contributed by atoms with Crippen molar-refractivity contribution in [2.45, 2.75) is 33.3 Å². The molecule has 0 saturated heterocycles. The van der Waals surface area contributed by atoms with Crippen LogP contribution < -0.4 is 10.1 Å². The predicted octanol–water partition coefficient (Wildman–Crippen LogP) is 3.53. The minimum atomic E-state index is 0.248. The van der Waals surface area contributed by atoms with Crippen molar-refractivity contribution in [1.29, 1.82) is 0 Å². The highest BCUT2D eigenvalue weighted by atomic mass is 35.5. The van der Waals surface area contributed by atoms with Crippen molar-refractivity contribution in [3.8, 4) is 5.75 Å². The fraction of sp³-hybridized carbons (Fsp3) is 0.600. The van der Waals surface area contributed by atoms with Crippen LogP contribution in [0.25, 0.3) is 0 Å². The topological polar surface area (TPSA) is 21.3 Å². The van der Waals surface area contributed by atoms with Gasteiger partial charge in [-0.2, -0.15) is 0 Å². The van der Waals surface area contributed by atoms with Gasteiger partial charge in [-0.25, -0.2) is 0 Å². The molecule has 1 heterocycles. The maximum absolute atomic E-state index is 5.98. The average Bonchev–Trinajstić information content (AvgIpc) is 2.70. The van der Waals surface area contributed by atoms with Gasteiger partial charge in [0.2, 0.25) is 0 Å². The fourth-order valence-electron chi connectivity index (χ4n) is 2.11. The highest BCUT2D eigenvalue weighted by Crippen LogP contribution is 2.30. The molecule has 2 rings (SSSR count). The lowest BCUT2D eigenvalue weighted by atomic mass is 9.98. The van der Waals surface area contributed by atoms with E-state index in [1.807, 2.05) is 18.2 Å². The van der Waals surface area contributed by atoms with E-state index in [1.54, 1.807) is 0 Å². The average molecular weight is 268 g/mol. The van der Waals surface area contributed by atoms with Crippen LogP contribution in [0.2, 0.25) is 5.02 Å². The summed E-state index contributed by atoms with van der Waals surface area (Å²) < 4.78 is 5.88. The SMILES string of the molecule is CC(C)C(C)CNCC1Cc2cc(Cl)ccc2O1. The monoisotopic (exact) mass is 267 g/mol. The lowest BCUT2D eigenvalue weighted by molar-refractivity contribution is 0.222. The largest absolute Gasteiger partial charge is 0.488 e. The molecule has 0 amide bonds. The molecule has 0 spiro atoms. The van der Waals surface area contributed by atoms with Crippen LogP contribution in [0.1, 0.15) is 26.3 Å². The van der Waals surface area contributed by atoms with Crippen molar-refractivity contribution in [1.82, 2.24) is 5.32 Å². The molecular weight excluding hydrogens is 246 g/mol. The molecule has 0 aromatic heterocycles. The number of hydrogen-bond donors (Lipinski definition) is 1. The Hall–Kier alpha value is -0.730. The molecule has 1 aromatic carbocycles. The minimum absolute atomic E-state index is 0.248. The summed E-state index contributed by atoms with van der Waals surface area (Å²) in [6.45, 7) is 8.76. The van der Waals surface area contributed by atoms with E-state index in [0.717, 1.165) is 36.2 Å². The van der Waals surface area contributed by atoms with Gasteiger partial charge in [-0.3, -0.25) is 0 Å². The molecule has 0 radical (unpaired) electrons. The molecule has 1 aliphatic heterocycles. The standard InChI is InChI=1S/C15H22ClNO/c1-10(2)11(3)8-17-9-14-7-12-6-13(16)4-5-15(12)18-14/h4-6,10-11,14,17H,7-9H2,1-3H3. The highest BCUT2D eigenvalue weighted by Gasteiger charge is 2.22. The summed E-state index contributed by atoms with van der Waals surface area (Å²) in [5.74, 6) is 2.41. The van der Waals surface area contributed by atoms with Crippen LogP contribution in [0.15, 0.2) is 18.2 Å². The predicted molar refractivity (Wildman–Crippen MR) is 76.4 cm³/mol. The summed E-state index contributed by atoms with van der Waals surface area (Å²) in [4.78, 5) is 0. The van der Waals surface area contributed by atoms with Gasteiger partial charge in [0, 0.05) is 18.0 Å². The van der Waals surface area contributed by atoms with Crippen LogP contribution in [0, 0.1) is 11.8 Å². The number of halogens is 1. The second-order valence-electron chi connectivity index (χ2n) is 5.58. The van der Waals surface area contributed by atoms with Crippen molar-refractivity contribution >= 4 is 11.6 Å². The molecule has 1 N–H and O–H groups in total. The van der Waals surface area contributed by atoms with Crippen LogP contribution in [0.3, 0.4) is 0 Å². The summed E-state index contributed by atoms with van der Waals surface area (Å²) >= 11 is 5.98. The highest BCUT2D eigenvalue weighted by molar-refractivity contribution is 6.30. The first-order chi connectivity index (χ1) is 8.56. The summed E-state index contributed by atoms with van der Waals surface area (Å²) in [5, 5.41) is 4.29. The van der Waals surface area contributed by atoms with E-state index < -0.39 is 0 Å². The summed E-state index contributed by atoms with van der Waals surface area (Å²) in [7, 11) is 0. The maximum atomic E-state index is 5.98. The molecule has 0 fully saturated rings. The third-order valence-corrected chi connectivity index (χ3v) is 3.98. The Kier molecular flexibility index (Phi) is 4.52. The lowest BCUT2D eigenvalue weighted by Crippen LogP contribution is -2.33. The van der Waals surface area contributed by atoms with Crippen LogP contribution in [0.5, 0.6) is 5.75 Å². The minimum Gasteiger partial charge on any atom is -0.488 e. The number of nitrogens with one attached hydrogen (secondary N) is 1. The second kappa shape index (κ2) is 5.94. The molecule has 2 nitrogen and oxygen atoms in total. The smallest absolute Gasteiger partial charge is 0.123 e. The van der Waals surface area contributed by atoms with Gasteiger partial charge < -0.3 is 10.1 Å². The van der Waals surface area contributed by atoms with Gasteiger partial charge in [0.1, 0.15) is 11.9 Å². The molecule has 1 aromatic rings. The zero-order chi connectivity index (χ0) is 13.1. The summed E-state index contributed by atoms with van der Waals surface area (Å²) in [6.07, 6.45) is 1.21. The first-order valence-corrected chi connectivity index (χ1v) is 7.10. The van der Waals surface area contributed by atoms with Crippen LogP contribution in [-0.2, 0) is 6.42 Å². The van der Waals surface area contributed by atoms with E-state index in [-0.39, 0.29) is 6.10 Å². The third-order valence-electron chi connectivity index (χ3n) is 3.74. The van der Waals surface area contributed by atoms with Gasteiger partial charge in [0.25, 0.3) is 0 Å². The van der Waals surface area contributed by atoms with E-state index in [1.165, 1.54) is 5.56 Å². The van der Waals surface area contributed by atoms with Gasteiger partial charge in [-0.1, -0.05) is 32.4 Å². The molecule has 3 heteroatoms. The van der Waals surface area contributed by atoms with Gasteiger partial charge in [-0.15, -0.1) is 0 Å². The van der Waals surface area contributed by atoms with Crippen LogP contribution >= 0.6 is 11.6 Å². The number of fused-ring (bicyclic) bond motifs is 1. The number of hydrogen-bond acceptors (Lipinski definition) is 2. The first-order valence-electron chi connectivity index (χ1n) is 6.72. The molecule has 100 valence electrons. The first kappa shape index (κ1) is 13.7. The summed E-state index contributed by atoms with van der Waals surface area (Å²) in [6, 6.07) is 5.86. The Bertz CT molecular complexity index is 405. The Morgan fingerprint density at radius 3 is 2.89 bits per heavy atom.